The van der Waals surface area contributed by atoms with Crippen LogP contribution in [-0.2, 0) is 9.53 Å². The Morgan fingerprint density at radius 1 is 1.15 bits per heavy atom. The van der Waals surface area contributed by atoms with E-state index in [2.05, 4.69) is 15.5 Å². The molecule has 0 aliphatic rings. The molecule has 1 heterocycles. The third kappa shape index (κ3) is 4.88. The number of halogens is 1. The number of para-hydroxylation sites is 1. The van der Waals surface area contributed by atoms with E-state index in [0.29, 0.717) is 29.2 Å². The summed E-state index contributed by atoms with van der Waals surface area (Å²) in [5, 5.41) is 12.6. The lowest BCUT2D eigenvalue weighted by molar-refractivity contribution is -0.118. The predicted octanol–water partition coefficient (Wildman–Crippen LogP) is 3.44. The molecule has 0 spiro atoms. The number of carbonyl (C=O) groups is 1. The van der Waals surface area contributed by atoms with Gasteiger partial charge in [-0.05, 0) is 24.3 Å². The molecule has 0 radical (unpaired) electrons. The van der Waals surface area contributed by atoms with Crippen molar-refractivity contribution in [1.82, 2.24) is 20.1 Å². The monoisotopic (exact) mass is 402 g/mol. The highest BCUT2D eigenvalue weighted by molar-refractivity contribution is 7.99. The summed E-state index contributed by atoms with van der Waals surface area (Å²) in [6.07, 6.45) is 0. The van der Waals surface area contributed by atoms with Crippen LogP contribution < -0.4 is 5.32 Å². The molecule has 1 aromatic heterocycles. The standard InChI is InChI=1S/C19H19ClN4O2S/c1-26-12-11-21-17(25)13-27-19-23-22-18(15-9-5-6-10-16(15)20)24(19)14-7-3-2-4-8-14/h2-10H,11-13H2,1H3,(H,21,25). The van der Waals surface area contributed by atoms with Gasteiger partial charge in [-0.2, -0.15) is 0 Å². The topological polar surface area (TPSA) is 69.0 Å². The van der Waals surface area contributed by atoms with E-state index in [1.807, 2.05) is 59.2 Å². The number of hydrogen-bond acceptors (Lipinski definition) is 5. The smallest absolute Gasteiger partial charge is 0.230 e. The molecular weight excluding hydrogens is 384 g/mol. The zero-order valence-electron chi connectivity index (χ0n) is 14.8. The van der Waals surface area contributed by atoms with Gasteiger partial charge in [0, 0.05) is 24.9 Å². The van der Waals surface area contributed by atoms with E-state index in [0.717, 1.165) is 11.3 Å². The van der Waals surface area contributed by atoms with Crippen LogP contribution in [0.2, 0.25) is 5.02 Å². The molecule has 0 aliphatic carbocycles. The third-order valence-electron chi connectivity index (χ3n) is 3.72. The van der Waals surface area contributed by atoms with Gasteiger partial charge >= 0.3 is 0 Å². The van der Waals surface area contributed by atoms with Crippen LogP contribution in [0.15, 0.2) is 59.8 Å². The molecule has 140 valence electrons. The minimum atomic E-state index is -0.0843. The Balaban J connectivity index is 1.89. The molecule has 0 unspecified atom stereocenters. The van der Waals surface area contributed by atoms with Crippen molar-refractivity contribution in [2.24, 2.45) is 0 Å². The molecule has 27 heavy (non-hydrogen) atoms. The fourth-order valence-electron chi connectivity index (χ4n) is 2.46. The minimum Gasteiger partial charge on any atom is -0.383 e. The number of nitrogens with one attached hydrogen (secondary N) is 1. The number of aromatic nitrogens is 3. The lowest BCUT2D eigenvalue weighted by atomic mass is 10.2. The van der Waals surface area contributed by atoms with Gasteiger partial charge in [0.25, 0.3) is 0 Å². The average molecular weight is 403 g/mol. The lowest BCUT2D eigenvalue weighted by Gasteiger charge is -2.11. The maximum Gasteiger partial charge on any atom is 0.230 e. The van der Waals surface area contributed by atoms with Gasteiger partial charge in [-0.25, -0.2) is 0 Å². The molecule has 2 aromatic carbocycles. The number of carbonyl (C=O) groups excluding carboxylic acids is 1. The normalized spacial score (nSPS) is 10.7. The number of amides is 1. The Kier molecular flexibility index (Phi) is 6.86. The number of methoxy groups -OCH3 is 1. The highest BCUT2D eigenvalue weighted by Crippen LogP contribution is 2.31. The molecule has 6 nitrogen and oxygen atoms in total. The Morgan fingerprint density at radius 2 is 1.89 bits per heavy atom. The van der Waals surface area contributed by atoms with Gasteiger partial charge < -0.3 is 10.1 Å². The molecule has 0 saturated heterocycles. The van der Waals surface area contributed by atoms with Gasteiger partial charge in [-0.15, -0.1) is 10.2 Å². The van der Waals surface area contributed by atoms with E-state index in [4.69, 9.17) is 16.3 Å². The zero-order chi connectivity index (χ0) is 19.1. The molecule has 3 rings (SSSR count). The van der Waals surface area contributed by atoms with Gasteiger partial charge in [0.15, 0.2) is 11.0 Å². The van der Waals surface area contributed by atoms with Crippen LogP contribution in [0.4, 0.5) is 0 Å². The summed E-state index contributed by atoms with van der Waals surface area (Å²) >= 11 is 7.68. The van der Waals surface area contributed by atoms with Gasteiger partial charge in [0.05, 0.1) is 17.4 Å². The molecule has 1 amide bonds. The molecular formula is C19H19ClN4O2S. The van der Waals surface area contributed by atoms with Crippen molar-refractivity contribution >= 4 is 29.3 Å². The number of thioether (sulfide) groups is 1. The number of nitrogens with zero attached hydrogens (tertiary/aromatic N) is 3. The third-order valence-corrected chi connectivity index (χ3v) is 4.98. The van der Waals surface area contributed by atoms with E-state index < -0.39 is 0 Å². The summed E-state index contributed by atoms with van der Waals surface area (Å²) in [6, 6.07) is 17.2. The molecule has 1 N–H and O–H groups in total. The van der Waals surface area contributed by atoms with Crippen LogP contribution in [0.1, 0.15) is 0 Å². The second kappa shape index (κ2) is 9.55. The van der Waals surface area contributed by atoms with E-state index in [9.17, 15) is 4.79 Å². The number of hydrogen-bond donors (Lipinski definition) is 1. The van der Waals surface area contributed by atoms with E-state index >= 15 is 0 Å². The zero-order valence-corrected chi connectivity index (χ0v) is 16.3. The Morgan fingerprint density at radius 3 is 2.63 bits per heavy atom. The highest BCUT2D eigenvalue weighted by atomic mass is 35.5. The summed E-state index contributed by atoms with van der Waals surface area (Å²) in [5.41, 5.74) is 1.69. The predicted molar refractivity (Wildman–Crippen MR) is 107 cm³/mol. The number of benzene rings is 2. The van der Waals surface area contributed by atoms with E-state index in [-0.39, 0.29) is 11.7 Å². The maximum atomic E-state index is 12.0. The summed E-state index contributed by atoms with van der Waals surface area (Å²) < 4.78 is 6.85. The first-order chi connectivity index (χ1) is 13.2. The van der Waals surface area contributed by atoms with Crippen LogP contribution in [-0.4, -0.2) is 46.7 Å². The Labute approximate surface area is 166 Å². The summed E-state index contributed by atoms with van der Waals surface area (Å²) in [4.78, 5) is 12.0. The molecule has 8 heteroatoms. The first-order valence-electron chi connectivity index (χ1n) is 8.35. The Bertz CT molecular complexity index is 902. The van der Waals surface area contributed by atoms with Crippen LogP contribution in [0.3, 0.4) is 0 Å². The van der Waals surface area contributed by atoms with Crippen molar-refractivity contribution in [2.75, 3.05) is 26.0 Å². The molecule has 0 atom stereocenters. The fraction of sp³-hybridized carbons (Fsp3) is 0.211. The number of rotatable bonds is 8. The van der Waals surface area contributed by atoms with Crippen LogP contribution in [0.25, 0.3) is 17.1 Å². The second-order valence-electron chi connectivity index (χ2n) is 5.59. The van der Waals surface area contributed by atoms with Crippen molar-refractivity contribution in [2.45, 2.75) is 5.16 Å². The van der Waals surface area contributed by atoms with Crippen molar-refractivity contribution in [3.05, 3.63) is 59.6 Å². The average Bonchev–Trinajstić information content (AvgIpc) is 3.11. The van der Waals surface area contributed by atoms with Crippen LogP contribution >= 0.6 is 23.4 Å². The van der Waals surface area contributed by atoms with Gasteiger partial charge in [-0.1, -0.05) is 53.7 Å². The van der Waals surface area contributed by atoms with Crippen molar-refractivity contribution < 1.29 is 9.53 Å². The molecule has 0 aliphatic heterocycles. The molecule has 3 aromatic rings. The molecule has 0 saturated carbocycles. The van der Waals surface area contributed by atoms with E-state index in [1.165, 1.54) is 11.8 Å². The summed E-state index contributed by atoms with van der Waals surface area (Å²) in [6.45, 7) is 0.958. The van der Waals surface area contributed by atoms with Crippen molar-refractivity contribution in [1.29, 1.82) is 0 Å². The van der Waals surface area contributed by atoms with E-state index in [1.54, 1.807) is 7.11 Å². The maximum absolute atomic E-state index is 12.0. The van der Waals surface area contributed by atoms with Gasteiger partial charge in [0.1, 0.15) is 0 Å². The summed E-state index contributed by atoms with van der Waals surface area (Å²) in [7, 11) is 1.60. The quantitative estimate of drug-likeness (QED) is 0.461. The van der Waals surface area contributed by atoms with Crippen LogP contribution in [0, 0.1) is 0 Å². The van der Waals surface area contributed by atoms with Gasteiger partial charge in [0.2, 0.25) is 5.91 Å². The lowest BCUT2D eigenvalue weighted by Crippen LogP contribution is -2.28. The largest absolute Gasteiger partial charge is 0.383 e. The minimum absolute atomic E-state index is 0.0843. The first kappa shape index (κ1) is 19.4. The number of ether oxygens (including phenoxy) is 1. The highest BCUT2D eigenvalue weighted by Gasteiger charge is 2.18. The van der Waals surface area contributed by atoms with Crippen molar-refractivity contribution in [3.8, 4) is 17.1 Å². The second-order valence-corrected chi connectivity index (χ2v) is 6.94. The fourth-order valence-corrected chi connectivity index (χ4v) is 3.47. The molecule has 0 bridgehead atoms. The summed E-state index contributed by atoms with van der Waals surface area (Å²) in [5.74, 6) is 0.782. The van der Waals surface area contributed by atoms with Crippen molar-refractivity contribution in [3.63, 3.8) is 0 Å². The van der Waals surface area contributed by atoms with Gasteiger partial charge in [-0.3, -0.25) is 9.36 Å². The SMILES string of the molecule is COCCNC(=O)CSc1nnc(-c2ccccc2Cl)n1-c1ccccc1. The Hall–Kier alpha value is -2.35. The molecule has 0 fully saturated rings. The van der Waals surface area contributed by atoms with Crippen LogP contribution in [0.5, 0.6) is 0 Å². The first-order valence-corrected chi connectivity index (χ1v) is 9.71.